The number of rotatable bonds is 3. The predicted octanol–water partition coefficient (Wildman–Crippen LogP) is 5.05. The maximum absolute atomic E-state index is 12.3. The minimum Gasteiger partial charge on any atom is -0.387 e. The molecule has 3 nitrogen and oxygen atoms in total. The second kappa shape index (κ2) is 6.48. The average Bonchev–Trinajstić information content (AvgIpc) is 2.43. The van der Waals surface area contributed by atoms with Crippen molar-refractivity contribution in [2.75, 3.05) is 17.7 Å². The maximum atomic E-state index is 12.3. The Bertz CT molecular complexity index is 662. The van der Waals surface area contributed by atoms with Crippen molar-refractivity contribution in [2.24, 2.45) is 0 Å². The van der Waals surface area contributed by atoms with Gasteiger partial charge in [0.05, 0.1) is 20.7 Å². The van der Waals surface area contributed by atoms with Gasteiger partial charge in [-0.15, -0.1) is 0 Å². The Morgan fingerprint density at radius 3 is 2.60 bits per heavy atom. The van der Waals surface area contributed by atoms with Crippen LogP contribution in [0.2, 0.25) is 10.0 Å². The SMILES string of the molecule is CNc1ccc(Cl)cc1C(=O)Nc1cccc(Cl)c1Br. The highest BCUT2D eigenvalue weighted by Crippen LogP contribution is 2.31. The number of carbonyl (C=O) groups excluding carboxylic acids is 1. The van der Waals surface area contributed by atoms with Crippen LogP contribution in [0.3, 0.4) is 0 Å². The summed E-state index contributed by atoms with van der Waals surface area (Å²) in [6, 6.07) is 10.3. The standard InChI is InChI=1S/C14H11BrCl2N2O/c1-18-11-6-5-8(16)7-9(11)14(20)19-12-4-2-3-10(17)13(12)15/h2-7,18H,1H3,(H,19,20). The van der Waals surface area contributed by atoms with Gasteiger partial charge in [0.1, 0.15) is 0 Å². The molecule has 2 aromatic carbocycles. The van der Waals surface area contributed by atoms with Crippen molar-refractivity contribution in [3.05, 3.63) is 56.5 Å². The second-order valence-electron chi connectivity index (χ2n) is 4.00. The van der Waals surface area contributed by atoms with Crippen molar-refractivity contribution in [3.63, 3.8) is 0 Å². The van der Waals surface area contributed by atoms with E-state index in [1.54, 1.807) is 43.4 Å². The quantitative estimate of drug-likeness (QED) is 0.790. The summed E-state index contributed by atoms with van der Waals surface area (Å²) in [5.41, 5.74) is 1.77. The summed E-state index contributed by atoms with van der Waals surface area (Å²) in [4.78, 5) is 12.3. The molecule has 0 aliphatic carbocycles. The minimum absolute atomic E-state index is 0.264. The first kappa shape index (κ1) is 15.2. The van der Waals surface area contributed by atoms with E-state index in [4.69, 9.17) is 23.2 Å². The number of hydrogen-bond donors (Lipinski definition) is 2. The van der Waals surface area contributed by atoms with Gasteiger partial charge in [0.2, 0.25) is 0 Å². The Balaban J connectivity index is 2.33. The van der Waals surface area contributed by atoms with Gasteiger partial charge in [-0.05, 0) is 46.3 Å². The van der Waals surface area contributed by atoms with E-state index in [1.807, 2.05) is 0 Å². The highest BCUT2D eigenvalue weighted by Gasteiger charge is 2.13. The summed E-state index contributed by atoms with van der Waals surface area (Å²) in [5.74, 6) is -0.264. The fraction of sp³-hybridized carbons (Fsp3) is 0.0714. The molecule has 0 bridgehead atoms. The van der Waals surface area contributed by atoms with E-state index in [1.165, 1.54) is 0 Å². The van der Waals surface area contributed by atoms with Gasteiger partial charge in [0, 0.05) is 17.8 Å². The molecule has 0 unspecified atom stereocenters. The molecular formula is C14H11BrCl2N2O. The summed E-state index contributed by atoms with van der Waals surface area (Å²) in [6.45, 7) is 0. The zero-order chi connectivity index (χ0) is 14.7. The Morgan fingerprint density at radius 2 is 1.90 bits per heavy atom. The Morgan fingerprint density at radius 1 is 1.15 bits per heavy atom. The molecule has 2 aromatic rings. The lowest BCUT2D eigenvalue weighted by atomic mass is 10.1. The second-order valence-corrected chi connectivity index (χ2v) is 5.63. The third kappa shape index (κ3) is 3.26. The Hall–Kier alpha value is -1.23. The smallest absolute Gasteiger partial charge is 0.257 e. The third-order valence-electron chi connectivity index (χ3n) is 2.70. The van der Waals surface area contributed by atoms with Crippen LogP contribution < -0.4 is 10.6 Å². The van der Waals surface area contributed by atoms with Gasteiger partial charge >= 0.3 is 0 Å². The minimum atomic E-state index is -0.264. The van der Waals surface area contributed by atoms with Gasteiger partial charge in [-0.25, -0.2) is 0 Å². The van der Waals surface area contributed by atoms with Crippen LogP contribution in [0.25, 0.3) is 0 Å². The average molecular weight is 374 g/mol. The molecule has 2 rings (SSSR count). The first-order chi connectivity index (χ1) is 9.52. The van der Waals surface area contributed by atoms with E-state index < -0.39 is 0 Å². The number of nitrogens with one attached hydrogen (secondary N) is 2. The summed E-state index contributed by atoms with van der Waals surface area (Å²) in [6.07, 6.45) is 0. The predicted molar refractivity (Wildman–Crippen MR) is 88.1 cm³/mol. The highest BCUT2D eigenvalue weighted by atomic mass is 79.9. The number of halogens is 3. The van der Waals surface area contributed by atoms with Gasteiger partial charge < -0.3 is 10.6 Å². The van der Waals surface area contributed by atoms with E-state index in [0.29, 0.717) is 31.5 Å². The van der Waals surface area contributed by atoms with Gasteiger partial charge in [0.15, 0.2) is 0 Å². The molecule has 0 spiro atoms. The normalized spacial score (nSPS) is 10.2. The monoisotopic (exact) mass is 372 g/mol. The lowest BCUT2D eigenvalue weighted by molar-refractivity contribution is 0.102. The molecule has 0 saturated carbocycles. The first-order valence-corrected chi connectivity index (χ1v) is 7.30. The number of benzene rings is 2. The zero-order valence-corrected chi connectivity index (χ0v) is 13.6. The molecule has 0 radical (unpaired) electrons. The van der Waals surface area contributed by atoms with Gasteiger partial charge in [0.25, 0.3) is 5.91 Å². The molecule has 1 amide bonds. The van der Waals surface area contributed by atoms with E-state index >= 15 is 0 Å². The van der Waals surface area contributed by atoms with E-state index in [9.17, 15) is 4.79 Å². The van der Waals surface area contributed by atoms with E-state index in [0.717, 1.165) is 0 Å². The topological polar surface area (TPSA) is 41.1 Å². The molecule has 0 aromatic heterocycles. The van der Waals surface area contributed by atoms with Crippen molar-refractivity contribution in [1.29, 1.82) is 0 Å². The van der Waals surface area contributed by atoms with Crippen molar-refractivity contribution >= 4 is 56.4 Å². The molecule has 0 heterocycles. The molecular weight excluding hydrogens is 363 g/mol. The van der Waals surface area contributed by atoms with Crippen LogP contribution in [-0.2, 0) is 0 Å². The molecule has 104 valence electrons. The van der Waals surface area contributed by atoms with Crippen LogP contribution in [0.15, 0.2) is 40.9 Å². The Labute approximate surface area is 135 Å². The molecule has 6 heteroatoms. The molecule has 20 heavy (non-hydrogen) atoms. The van der Waals surface area contributed by atoms with Gasteiger partial charge in [-0.1, -0.05) is 29.3 Å². The summed E-state index contributed by atoms with van der Waals surface area (Å²) >= 11 is 15.3. The van der Waals surface area contributed by atoms with Crippen molar-refractivity contribution < 1.29 is 4.79 Å². The highest BCUT2D eigenvalue weighted by molar-refractivity contribution is 9.10. The zero-order valence-electron chi connectivity index (χ0n) is 10.5. The fourth-order valence-electron chi connectivity index (χ4n) is 1.71. The number of amides is 1. The van der Waals surface area contributed by atoms with Crippen molar-refractivity contribution in [1.82, 2.24) is 0 Å². The molecule has 0 fully saturated rings. The van der Waals surface area contributed by atoms with Crippen molar-refractivity contribution in [2.45, 2.75) is 0 Å². The van der Waals surface area contributed by atoms with Crippen molar-refractivity contribution in [3.8, 4) is 0 Å². The van der Waals surface area contributed by atoms with Crippen LogP contribution in [0, 0.1) is 0 Å². The molecule has 2 N–H and O–H groups in total. The summed E-state index contributed by atoms with van der Waals surface area (Å²) in [5, 5.41) is 6.79. The van der Waals surface area contributed by atoms with Gasteiger partial charge in [-0.2, -0.15) is 0 Å². The van der Waals surface area contributed by atoms with Gasteiger partial charge in [-0.3, -0.25) is 4.79 Å². The Kier molecular flexibility index (Phi) is 4.91. The molecule has 0 atom stereocenters. The van der Waals surface area contributed by atoms with Crippen LogP contribution in [0.1, 0.15) is 10.4 Å². The molecule has 0 aliphatic rings. The number of hydrogen-bond acceptors (Lipinski definition) is 2. The largest absolute Gasteiger partial charge is 0.387 e. The maximum Gasteiger partial charge on any atom is 0.257 e. The summed E-state index contributed by atoms with van der Waals surface area (Å²) in [7, 11) is 1.75. The fourth-order valence-corrected chi connectivity index (χ4v) is 2.42. The van der Waals surface area contributed by atoms with Crippen LogP contribution in [-0.4, -0.2) is 13.0 Å². The van der Waals surface area contributed by atoms with E-state index in [2.05, 4.69) is 26.6 Å². The van der Waals surface area contributed by atoms with Crippen LogP contribution in [0.4, 0.5) is 11.4 Å². The first-order valence-electron chi connectivity index (χ1n) is 5.75. The lowest BCUT2D eigenvalue weighted by Crippen LogP contribution is -2.14. The molecule has 0 saturated heterocycles. The lowest BCUT2D eigenvalue weighted by Gasteiger charge is -2.12. The van der Waals surface area contributed by atoms with Crippen LogP contribution >= 0.6 is 39.1 Å². The molecule has 0 aliphatic heterocycles. The summed E-state index contributed by atoms with van der Waals surface area (Å²) < 4.78 is 0.642. The van der Waals surface area contributed by atoms with Crippen LogP contribution in [0.5, 0.6) is 0 Å². The number of anilines is 2. The number of carbonyl (C=O) groups is 1. The third-order valence-corrected chi connectivity index (χ3v) is 4.33. The van der Waals surface area contributed by atoms with E-state index in [-0.39, 0.29) is 5.91 Å².